The predicted molar refractivity (Wildman–Crippen MR) is 63.7 cm³/mol. The van der Waals surface area contributed by atoms with Crippen molar-refractivity contribution in [3.8, 4) is 0 Å². The average Bonchev–Trinajstić information content (AvgIpc) is 2.68. The van der Waals surface area contributed by atoms with E-state index >= 15 is 0 Å². The van der Waals surface area contributed by atoms with Crippen LogP contribution < -0.4 is 0 Å². The lowest BCUT2D eigenvalue weighted by molar-refractivity contribution is -0.128. The van der Waals surface area contributed by atoms with Gasteiger partial charge >= 0.3 is 0 Å². The summed E-state index contributed by atoms with van der Waals surface area (Å²) in [5.74, 6) is 0.137. The summed E-state index contributed by atoms with van der Waals surface area (Å²) >= 11 is 6.01. The number of halogens is 1. The Balaban J connectivity index is 2.00. The number of rotatable bonds is 3. The molecule has 0 saturated carbocycles. The maximum absolute atomic E-state index is 11.9. The van der Waals surface area contributed by atoms with Gasteiger partial charge in [0.15, 0.2) is 5.78 Å². The number of benzene rings is 1. The number of hydrogen-bond acceptors (Lipinski definition) is 2. The van der Waals surface area contributed by atoms with Crippen LogP contribution in [0.4, 0.5) is 0 Å². The predicted octanol–water partition coefficient (Wildman–Crippen LogP) is 3.02. The molecule has 0 aromatic heterocycles. The Morgan fingerprint density at radius 1 is 1.44 bits per heavy atom. The van der Waals surface area contributed by atoms with Gasteiger partial charge in [0.25, 0.3) is 0 Å². The van der Waals surface area contributed by atoms with Crippen molar-refractivity contribution in [1.29, 1.82) is 0 Å². The van der Waals surface area contributed by atoms with Gasteiger partial charge in [0.2, 0.25) is 0 Å². The molecule has 0 radical (unpaired) electrons. The average molecular weight is 239 g/mol. The Morgan fingerprint density at radius 2 is 2.19 bits per heavy atom. The summed E-state index contributed by atoms with van der Waals surface area (Å²) < 4.78 is 5.54. The molecule has 2 nitrogen and oxygen atoms in total. The van der Waals surface area contributed by atoms with Crippen LogP contribution in [0.1, 0.15) is 25.3 Å². The van der Waals surface area contributed by atoms with Crippen molar-refractivity contribution in [2.45, 2.75) is 38.4 Å². The van der Waals surface area contributed by atoms with Crippen LogP contribution in [-0.2, 0) is 16.0 Å². The molecule has 2 rings (SSSR count). The van der Waals surface area contributed by atoms with Gasteiger partial charge in [-0.1, -0.05) is 29.8 Å². The second-order valence-corrected chi connectivity index (χ2v) is 4.65. The van der Waals surface area contributed by atoms with Crippen molar-refractivity contribution in [3.05, 3.63) is 34.9 Å². The van der Waals surface area contributed by atoms with Crippen LogP contribution in [-0.4, -0.2) is 18.0 Å². The molecule has 1 aliphatic heterocycles. The van der Waals surface area contributed by atoms with Crippen molar-refractivity contribution < 1.29 is 9.53 Å². The second-order valence-electron chi connectivity index (χ2n) is 4.25. The third-order valence-corrected chi connectivity index (χ3v) is 3.28. The van der Waals surface area contributed by atoms with Gasteiger partial charge < -0.3 is 4.74 Å². The number of Topliss-reactive ketones (excluding diaryl/α,β-unsaturated/α-hetero) is 1. The van der Waals surface area contributed by atoms with Gasteiger partial charge in [0, 0.05) is 11.4 Å². The Hall–Kier alpha value is -0.860. The zero-order valence-electron chi connectivity index (χ0n) is 9.28. The van der Waals surface area contributed by atoms with Crippen LogP contribution in [0.15, 0.2) is 24.3 Å². The Morgan fingerprint density at radius 3 is 2.81 bits per heavy atom. The molecule has 1 fully saturated rings. The monoisotopic (exact) mass is 238 g/mol. The molecule has 1 heterocycles. The highest BCUT2D eigenvalue weighted by Crippen LogP contribution is 2.22. The highest BCUT2D eigenvalue weighted by Gasteiger charge is 2.28. The van der Waals surface area contributed by atoms with E-state index in [1.54, 1.807) is 0 Å². The Bertz CT molecular complexity index is 389. The van der Waals surface area contributed by atoms with E-state index in [1.807, 2.05) is 31.2 Å². The van der Waals surface area contributed by atoms with E-state index < -0.39 is 0 Å². The van der Waals surface area contributed by atoms with E-state index in [0.29, 0.717) is 11.4 Å². The van der Waals surface area contributed by atoms with E-state index in [-0.39, 0.29) is 18.0 Å². The van der Waals surface area contributed by atoms with Crippen molar-refractivity contribution in [3.63, 3.8) is 0 Å². The molecule has 1 saturated heterocycles. The largest absolute Gasteiger partial charge is 0.367 e. The molecular weight excluding hydrogens is 224 g/mol. The van der Waals surface area contributed by atoms with Gasteiger partial charge in [0.1, 0.15) is 6.10 Å². The number of carbonyl (C=O) groups is 1. The summed E-state index contributed by atoms with van der Waals surface area (Å²) in [5, 5.41) is 0.655. The van der Waals surface area contributed by atoms with Crippen LogP contribution in [0.25, 0.3) is 0 Å². The summed E-state index contributed by atoms with van der Waals surface area (Å²) in [7, 11) is 0. The quantitative estimate of drug-likeness (QED) is 0.809. The van der Waals surface area contributed by atoms with Gasteiger partial charge in [-0.15, -0.1) is 0 Å². The van der Waals surface area contributed by atoms with Crippen LogP contribution in [0.5, 0.6) is 0 Å². The molecular formula is C13H15ClO2. The summed E-state index contributed by atoms with van der Waals surface area (Å²) in [5.41, 5.74) is 0.886. The normalized spacial score (nSPS) is 24.6. The zero-order chi connectivity index (χ0) is 11.5. The highest BCUT2D eigenvalue weighted by atomic mass is 35.5. The first kappa shape index (κ1) is 11.6. The topological polar surface area (TPSA) is 26.3 Å². The molecule has 3 heteroatoms. The molecule has 0 spiro atoms. The maximum atomic E-state index is 11.9. The molecule has 1 aliphatic rings. The molecule has 0 N–H and O–H groups in total. The van der Waals surface area contributed by atoms with E-state index in [4.69, 9.17) is 16.3 Å². The van der Waals surface area contributed by atoms with Crippen molar-refractivity contribution in [2.24, 2.45) is 0 Å². The summed E-state index contributed by atoms with van der Waals surface area (Å²) in [6.45, 7) is 2.00. The van der Waals surface area contributed by atoms with Crippen LogP contribution in [0.2, 0.25) is 5.02 Å². The molecule has 1 aromatic carbocycles. The lowest BCUT2D eigenvalue weighted by Crippen LogP contribution is -2.22. The standard InChI is InChI=1S/C13H15ClO2/c1-9-6-7-13(16-9)12(15)8-10-4-2-3-5-11(10)14/h2-5,9,13H,6-8H2,1H3. The van der Waals surface area contributed by atoms with Gasteiger partial charge in [-0.2, -0.15) is 0 Å². The molecule has 0 aliphatic carbocycles. The highest BCUT2D eigenvalue weighted by molar-refractivity contribution is 6.31. The second kappa shape index (κ2) is 4.98. The Kier molecular flexibility index (Phi) is 3.62. The third-order valence-electron chi connectivity index (χ3n) is 2.91. The van der Waals surface area contributed by atoms with Crippen LogP contribution in [0.3, 0.4) is 0 Å². The number of ether oxygens (including phenoxy) is 1. The molecule has 2 atom stereocenters. The molecule has 0 bridgehead atoms. The maximum Gasteiger partial charge on any atom is 0.165 e. The van der Waals surface area contributed by atoms with Gasteiger partial charge in [-0.3, -0.25) is 4.79 Å². The lowest BCUT2D eigenvalue weighted by atomic mass is 10.0. The fourth-order valence-corrected chi connectivity index (χ4v) is 2.19. The van der Waals surface area contributed by atoms with Crippen LogP contribution in [0, 0.1) is 0 Å². The molecule has 86 valence electrons. The summed E-state index contributed by atoms with van der Waals surface area (Å²) in [6.07, 6.45) is 2.16. The Labute approximate surface area is 101 Å². The minimum absolute atomic E-state index is 0.137. The first-order chi connectivity index (χ1) is 7.66. The molecule has 1 aromatic rings. The minimum atomic E-state index is -0.230. The van der Waals surface area contributed by atoms with Gasteiger partial charge in [-0.25, -0.2) is 0 Å². The fraction of sp³-hybridized carbons (Fsp3) is 0.462. The third kappa shape index (κ3) is 2.63. The van der Waals surface area contributed by atoms with Gasteiger partial charge in [-0.05, 0) is 31.4 Å². The first-order valence-corrected chi connectivity index (χ1v) is 5.96. The molecule has 16 heavy (non-hydrogen) atoms. The number of hydrogen-bond donors (Lipinski definition) is 0. The zero-order valence-corrected chi connectivity index (χ0v) is 10.0. The van der Waals surface area contributed by atoms with Gasteiger partial charge in [0.05, 0.1) is 6.10 Å². The summed E-state index contributed by atoms with van der Waals surface area (Å²) in [4.78, 5) is 11.9. The van der Waals surface area contributed by atoms with Crippen LogP contribution >= 0.6 is 11.6 Å². The van der Waals surface area contributed by atoms with Crippen molar-refractivity contribution in [2.75, 3.05) is 0 Å². The number of ketones is 1. The van der Waals surface area contributed by atoms with Crippen molar-refractivity contribution >= 4 is 17.4 Å². The minimum Gasteiger partial charge on any atom is -0.367 e. The molecule has 2 unspecified atom stereocenters. The van der Waals surface area contributed by atoms with Crippen molar-refractivity contribution in [1.82, 2.24) is 0 Å². The lowest BCUT2D eigenvalue weighted by Gasteiger charge is -2.10. The first-order valence-electron chi connectivity index (χ1n) is 5.58. The molecule has 0 amide bonds. The SMILES string of the molecule is CC1CCC(C(=O)Cc2ccccc2Cl)O1. The fourth-order valence-electron chi connectivity index (χ4n) is 1.98. The van der Waals surface area contributed by atoms with E-state index in [9.17, 15) is 4.79 Å². The van der Waals surface area contributed by atoms with E-state index in [2.05, 4.69) is 0 Å². The van der Waals surface area contributed by atoms with E-state index in [0.717, 1.165) is 18.4 Å². The summed E-state index contributed by atoms with van der Waals surface area (Å²) in [6, 6.07) is 7.46. The number of carbonyl (C=O) groups excluding carboxylic acids is 1. The smallest absolute Gasteiger partial charge is 0.165 e. The van der Waals surface area contributed by atoms with E-state index in [1.165, 1.54) is 0 Å².